The predicted octanol–water partition coefficient (Wildman–Crippen LogP) is 9.06. The van der Waals surface area contributed by atoms with Gasteiger partial charge in [0.15, 0.2) is 0 Å². The number of ether oxygens (including phenoxy) is 4. The molecule has 0 N–H and O–H groups in total. The summed E-state index contributed by atoms with van der Waals surface area (Å²) in [5.74, 6) is 0.364. The van der Waals surface area contributed by atoms with Crippen LogP contribution in [0.15, 0.2) is 72.8 Å². The lowest BCUT2D eigenvalue weighted by Gasteiger charge is -2.13. The molecule has 0 amide bonds. The fourth-order valence-electron chi connectivity index (χ4n) is 4.54. The van der Waals surface area contributed by atoms with E-state index in [1.165, 1.54) is 38.5 Å². The van der Waals surface area contributed by atoms with Crippen molar-refractivity contribution in [1.82, 2.24) is 0 Å². The van der Waals surface area contributed by atoms with E-state index in [9.17, 15) is 9.59 Å². The third kappa shape index (κ3) is 11.7. The molecule has 0 aliphatic carbocycles. The maximum atomic E-state index is 12.7. The first-order chi connectivity index (χ1) is 20.5. The normalized spacial score (nSPS) is 11.6. The lowest BCUT2D eigenvalue weighted by atomic mass is 10.0. The molecule has 0 fully saturated rings. The molecule has 0 spiro atoms. The van der Waals surface area contributed by atoms with E-state index in [2.05, 4.69) is 6.92 Å². The van der Waals surface area contributed by atoms with E-state index in [4.69, 9.17) is 18.9 Å². The molecule has 0 aromatic heterocycles. The van der Waals surface area contributed by atoms with Gasteiger partial charge in [0.05, 0.1) is 23.8 Å². The average molecular weight is 575 g/mol. The van der Waals surface area contributed by atoms with Crippen LogP contribution in [0.3, 0.4) is 0 Å². The van der Waals surface area contributed by atoms with Crippen molar-refractivity contribution >= 4 is 11.9 Å². The minimum atomic E-state index is -0.464. The first-order valence-electron chi connectivity index (χ1n) is 15.4. The van der Waals surface area contributed by atoms with Gasteiger partial charge in [0.2, 0.25) is 0 Å². The highest BCUT2D eigenvalue weighted by molar-refractivity contribution is 5.92. The molecule has 0 heterocycles. The molecule has 0 radical (unpaired) electrons. The Kier molecular flexibility index (Phi) is 14.7. The summed E-state index contributed by atoms with van der Waals surface area (Å²) in [5.41, 5.74) is 2.90. The molecule has 0 aliphatic rings. The van der Waals surface area contributed by atoms with Gasteiger partial charge in [-0.05, 0) is 92.8 Å². The number of hydrogen-bond donors (Lipinski definition) is 0. The Morgan fingerprint density at radius 3 is 1.81 bits per heavy atom. The predicted molar refractivity (Wildman–Crippen MR) is 167 cm³/mol. The molecule has 42 heavy (non-hydrogen) atoms. The van der Waals surface area contributed by atoms with Crippen molar-refractivity contribution < 1.29 is 28.5 Å². The largest absolute Gasteiger partial charge is 0.494 e. The van der Waals surface area contributed by atoms with Gasteiger partial charge in [0.25, 0.3) is 0 Å². The SMILES string of the molecule is CCCCCCCCCOc1ccc(-c2ccc(C(=O)Oc3ccc(C(=O)OC(C)CCCOCC)cc3)cc2)cc1. The van der Waals surface area contributed by atoms with E-state index < -0.39 is 11.9 Å². The zero-order valence-corrected chi connectivity index (χ0v) is 25.4. The Balaban J connectivity index is 1.42. The minimum Gasteiger partial charge on any atom is -0.494 e. The van der Waals surface area contributed by atoms with Gasteiger partial charge in [-0.3, -0.25) is 0 Å². The molecule has 3 rings (SSSR count). The monoisotopic (exact) mass is 574 g/mol. The average Bonchev–Trinajstić information content (AvgIpc) is 3.01. The van der Waals surface area contributed by atoms with E-state index in [1.807, 2.05) is 50.2 Å². The van der Waals surface area contributed by atoms with Gasteiger partial charge in [-0.2, -0.15) is 0 Å². The highest BCUT2D eigenvalue weighted by Crippen LogP contribution is 2.24. The van der Waals surface area contributed by atoms with Crippen molar-refractivity contribution in [2.75, 3.05) is 19.8 Å². The fourth-order valence-corrected chi connectivity index (χ4v) is 4.54. The molecule has 3 aromatic rings. The third-order valence-electron chi connectivity index (χ3n) is 7.04. The number of esters is 2. The fraction of sp³-hybridized carbons (Fsp3) is 0.444. The first-order valence-corrected chi connectivity index (χ1v) is 15.4. The van der Waals surface area contributed by atoms with E-state index >= 15 is 0 Å². The van der Waals surface area contributed by atoms with Crippen LogP contribution >= 0.6 is 0 Å². The summed E-state index contributed by atoms with van der Waals surface area (Å²) in [5, 5.41) is 0. The zero-order chi connectivity index (χ0) is 30.0. The molecular weight excluding hydrogens is 528 g/mol. The van der Waals surface area contributed by atoms with Gasteiger partial charge in [-0.15, -0.1) is 0 Å². The number of benzene rings is 3. The van der Waals surface area contributed by atoms with Crippen LogP contribution in [0, 0.1) is 0 Å². The summed E-state index contributed by atoms with van der Waals surface area (Å²) < 4.78 is 22.2. The highest BCUT2D eigenvalue weighted by Gasteiger charge is 2.14. The minimum absolute atomic E-state index is 0.204. The maximum absolute atomic E-state index is 12.7. The molecule has 3 aromatic carbocycles. The number of unbranched alkanes of at least 4 members (excludes halogenated alkanes) is 6. The summed E-state index contributed by atoms with van der Waals surface area (Å²) in [6.45, 7) is 8.14. The molecule has 1 atom stereocenters. The second-order valence-corrected chi connectivity index (χ2v) is 10.5. The molecule has 226 valence electrons. The quantitative estimate of drug-likeness (QED) is 0.0808. The summed E-state index contributed by atoms with van der Waals surface area (Å²) in [6, 6.07) is 21.7. The van der Waals surface area contributed by atoms with Crippen molar-refractivity contribution in [3.05, 3.63) is 83.9 Å². The number of hydrogen-bond acceptors (Lipinski definition) is 6. The molecule has 1 unspecified atom stereocenters. The Hall–Kier alpha value is -3.64. The van der Waals surface area contributed by atoms with Gasteiger partial charge in [0.1, 0.15) is 11.5 Å². The van der Waals surface area contributed by atoms with E-state index in [1.54, 1.807) is 36.4 Å². The molecule has 6 nitrogen and oxygen atoms in total. The van der Waals surface area contributed by atoms with Crippen molar-refractivity contribution in [1.29, 1.82) is 0 Å². The van der Waals surface area contributed by atoms with Crippen LogP contribution in [0.5, 0.6) is 11.5 Å². The first kappa shape index (κ1) is 32.9. The standard InChI is InChI=1S/C36H46O6/c1-4-6-7-8-9-10-11-27-40-33-22-18-30(19-23-33)29-14-16-31(17-15-29)36(38)42-34-24-20-32(21-25-34)35(37)41-28(3)13-12-26-39-5-2/h14-25,28H,4-13,26-27H2,1-3H3. The van der Waals surface area contributed by atoms with Crippen LogP contribution in [0.1, 0.15) is 99.3 Å². The second kappa shape index (κ2) is 18.7. The lowest BCUT2D eigenvalue weighted by Crippen LogP contribution is -2.16. The maximum Gasteiger partial charge on any atom is 0.343 e. The topological polar surface area (TPSA) is 71.1 Å². The van der Waals surface area contributed by atoms with Crippen molar-refractivity contribution in [2.24, 2.45) is 0 Å². The van der Waals surface area contributed by atoms with E-state index in [-0.39, 0.29) is 6.10 Å². The second-order valence-electron chi connectivity index (χ2n) is 10.5. The van der Waals surface area contributed by atoms with Crippen LogP contribution in [-0.4, -0.2) is 37.9 Å². The van der Waals surface area contributed by atoms with Gasteiger partial charge in [-0.1, -0.05) is 69.7 Å². The summed E-state index contributed by atoms with van der Waals surface area (Å²) >= 11 is 0. The molecule has 6 heteroatoms. The Morgan fingerprint density at radius 2 is 1.17 bits per heavy atom. The Bertz CT molecular complexity index is 1190. The van der Waals surface area contributed by atoms with Crippen molar-refractivity contribution in [2.45, 2.75) is 84.7 Å². The lowest BCUT2D eigenvalue weighted by molar-refractivity contribution is 0.0297. The Morgan fingerprint density at radius 1 is 0.619 bits per heavy atom. The smallest absolute Gasteiger partial charge is 0.343 e. The number of carbonyl (C=O) groups excluding carboxylic acids is 2. The summed E-state index contributed by atoms with van der Waals surface area (Å²) in [6.07, 6.45) is 10.2. The molecule has 0 bridgehead atoms. The molecule has 0 aliphatic heterocycles. The van der Waals surface area contributed by atoms with Crippen LogP contribution in [0.4, 0.5) is 0 Å². The van der Waals surface area contributed by atoms with Gasteiger partial charge < -0.3 is 18.9 Å². The van der Waals surface area contributed by atoms with Crippen LogP contribution < -0.4 is 9.47 Å². The van der Waals surface area contributed by atoms with Crippen molar-refractivity contribution in [3.63, 3.8) is 0 Å². The highest BCUT2D eigenvalue weighted by atomic mass is 16.5. The van der Waals surface area contributed by atoms with Crippen LogP contribution in [0.25, 0.3) is 11.1 Å². The zero-order valence-electron chi connectivity index (χ0n) is 25.4. The van der Waals surface area contributed by atoms with Gasteiger partial charge in [0, 0.05) is 13.2 Å². The molecule has 0 saturated carbocycles. The molecule has 0 saturated heterocycles. The van der Waals surface area contributed by atoms with Gasteiger partial charge >= 0.3 is 11.9 Å². The van der Waals surface area contributed by atoms with Crippen LogP contribution in [0.2, 0.25) is 0 Å². The summed E-state index contributed by atoms with van der Waals surface area (Å²) in [7, 11) is 0. The summed E-state index contributed by atoms with van der Waals surface area (Å²) in [4.78, 5) is 25.1. The van der Waals surface area contributed by atoms with Crippen molar-refractivity contribution in [3.8, 4) is 22.6 Å². The van der Waals surface area contributed by atoms with Gasteiger partial charge in [-0.25, -0.2) is 9.59 Å². The van der Waals surface area contributed by atoms with E-state index in [0.717, 1.165) is 42.7 Å². The number of carbonyl (C=O) groups is 2. The Labute approximate surface area is 251 Å². The number of rotatable bonds is 19. The molecular formula is C36H46O6. The van der Waals surface area contributed by atoms with Crippen LogP contribution in [-0.2, 0) is 9.47 Å². The third-order valence-corrected chi connectivity index (χ3v) is 7.04. The van der Waals surface area contributed by atoms with E-state index in [0.29, 0.717) is 30.1 Å².